The molecule has 3 rings (SSSR count). The average Bonchev–Trinajstić information content (AvgIpc) is 3.47. The second-order valence-electron chi connectivity index (χ2n) is 12.1. The minimum atomic E-state index is -1.59. The SMILES string of the molecule is CCCCCCCCN1CCCC1(O)C(=O)O.NC(=NCCCCCCN=C(N)N=C(N)Nc1ccc(Cl)cc1)N=C(N)Nc1ccc(Cl)cc1. The topological polar surface area (TPSA) is 238 Å². The quantitative estimate of drug-likeness (QED) is 0.0570. The maximum Gasteiger partial charge on any atom is 0.351 e. The Morgan fingerprint density at radius 2 is 1.18 bits per heavy atom. The van der Waals surface area contributed by atoms with Gasteiger partial charge in [-0.05, 0) is 74.2 Å². The van der Waals surface area contributed by atoms with E-state index in [0.29, 0.717) is 42.6 Å². The van der Waals surface area contributed by atoms with Crippen LogP contribution in [0.25, 0.3) is 0 Å². The van der Waals surface area contributed by atoms with Gasteiger partial charge >= 0.3 is 5.97 Å². The molecule has 1 aliphatic rings. The summed E-state index contributed by atoms with van der Waals surface area (Å²) < 4.78 is 0. The molecule has 1 atom stereocenters. The number of hydrogen-bond donors (Lipinski definition) is 8. The van der Waals surface area contributed by atoms with Crippen LogP contribution in [0, 0.1) is 0 Å². The Balaban J connectivity index is 0.000000444. The van der Waals surface area contributed by atoms with E-state index in [9.17, 15) is 9.90 Å². The largest absolute Gasteiger partial charge is 0.478 e. The number of aliphatic hydroxyl groups is 1. The summed E-state index contributed by atoms with van der Waals surface area (Å²) in [5.74, 6) is -0.532. The Hall–Kier alpha value is -4.11. The van der Waals surface area contributed by atoms with Crippen molar-refractivity contribution in [3.05, 3.63) is 58.6 Å². The molecule has 0 aromatic heterocycles. The van der Waals surface area contributed by atoms with Crippen molar-refractivity contribution in [3.63, 3.8) is 0 Å². The number of carboxylic acid groups (broad SMARTS) is 1. The molecular weight excluding hydrogens is 693 g/mol. The lowest BCUT2D eigenvalue weighted by molar-refractivity contribution is -0.176. The number of aliphatic carboxylic acids is 1. The molecule has 0 amide bonds. The molecule has 0 radical (unpaired) electrons. The number of unbranched alkanes of at least 4 members (excludes halogenated alkanes) is 8. The number of nitrogens with zero attached hydrogens (tertiary/aromatic N) is 5. The number of hydrogen-bond acceptors (Lipinski definition) is 5. The van der Waals surface area contributed by atoms with E-state index in [-0.39, 0.29) is 23.8 Å². The number of anilines is 2. The normalized spacial score (nSPS) is 17.2. The molecule has 12 N–H and O–H groups in total. The van der Waals surface area contributed by atoms with Crippen molar-refractivity contribution in [2.24, 2.45) is 42.9 Å². The average molecular weight is 749 g/mol. The monoisotopic (exact) mass is 747 g/mol. The Labute approximate surface area is 311 Å². The van der Waals surface area contributed by atoms with Crippen molar-refractivity contribution in [1.29, 1.82) is 0 Å². The van der Waals surface area contributed by atoms with Gasteiger partial charge in [0.1, 0.15) is 0 Å². The molecule has 2 aromatic rings. The zero-order chi connectivity index (χ0) is 37.5. The second kappa shape index (κ2) is 24.1. The van der Waals surface area contributed by atoms with E-state index in [1.807, 2.05) is 0 Å². The second-order valence-corrected chi connectivity index (χ2v) is 13.0. The van der Waals surface area contributed by atoms with E-state index in [4.69, 9.17) is 51.2 Å². The summed E-state index contributed by atoms with van der Waals surface area (Å²) in [5.41, 5.74) is 23.2. The molecule has 0 aliphatic carbocycles. The molecule has 282 valence electrons. The standard InChI is InChI=1S/C22H30Cl2N10.C13H25NO3/c23-15-5-9-17(10-6-15)31-21(27)33-19(25)29-13-3-1-2-4-14-30-20(26)34-22(28)32-18-11-7-16(24)8-12-18;1-2-3-4-5-6-7-10-14-11-8-9-13(14,17)12(15)16/h5-12H,1-4,13-14H2,(H5,25,27,29,31,33)(H5,26,28,30,32,34);17H,2-11H2,1H3,(H,15,16). The number of likely N-dealkylation sites (tertiary alicyclic amines) is 1. The van der Waals surface area contributed by atoms with Gasteiger partial charge in [-0.2, -0.15) is 9.98 Å². The molecule has 0 bridgehead atoms. The van der Waals surface area contributed by atoms with Crippen LogP contribution >= 0.6 is 23.2 Å². The maximum absolute atomic E-state index is 11.0. The van der Waals surface area contributed by atoms with E-state index < -0.39 is 11.7 Å². The predicted octanol–water partition coefficient (Wildman–Crippen LogP) is 5.55. The third kappa shape index (κ3) is 18.1. The first-order valence-corrected chi connectivity index (χ1v) is 18.2. The molecule has 2 aromatic carbocycles. The summed E-state index contributed by atoms with van der Waals surface area (Å²) in [6.45, 7) is 4.72. The van der Waals surface area contributed by atoms with Crippen LogP contribution in [-0.2, 0) is 4.79 Å². The van der Waals surface area contributed by atoms with Gasteiger partial charge in [-0.1, -0.05) is 75.1 Å². The Morgan fingerprint density at radius 3 is 1.63 bits per heavy atom. The summed E-state index contributed by atoms with van der Waals surface area (Å²) in [6.07, 6.45) is 11.9. The van der Waals surface area contributed by atoms with Crippen LogP contribution in [-0.4, -0.2) is 76.8 Å². The molecule has 16 heteroatoms. The molecule has 1 saturated heterocycles. The lowest BCUT2D eigenvalue weighted by Gasteiger charge is -2.29. The number of rotatable bonds is 17. The van der Waals surface area contributed by atoms with Gasteiger partial charge in [0, 0.05) is 54.0 Å². The van der Waals surface area contributed by atoms with E-state index in [1.165, 1.54) is 25.7 Å². The molecule has 0 spiro atoms. The summed E-state index contributed by atoms with van der Waals surface area (Å²) in [5, 5.41) is 26.1. The van der Waals surface area contributed by atoms with Crippen LogP contribution in [0.1, 0.15) is 84.0 Å². The fourth-order valence-electron chi connectivity index (χ4n) is 5.18. The summed E-state index contributed by atoms with van der Waals surface area (Å²) in [4.78, 5) is 29.2. The number of nitrogens with one attached hydrogen (secondary N) is 2. The van der Waals surface area contributed by atoms with Gasteiger partial charge in [0.05, 0.1) is 0 Å². The van der Waals surface area contributed by atoms with E-state index in [2.05, 4.69) is 37.5 Å². The zero-order valence-corrected chi connectivity index (χ0v) is 31.0. The van der Waals surface area contributed by atoms with Crippen LogP contribution < -0.4 is 33.6 Å². The van der Waals surface area contributed by atoms with Crippen molar-refractivity contribution in [3.8, 4) is 0 Å². The highest BCUT2D eigenvalue weighted by molar-refractivity contribution is 6.31. The lowest BCUT2D eigenvalue weighted by atomic mass is 10.1. The van der Waals surface area contributed by atoms with Gasteiger partial charge in [0.15, 0.2) is 0 Å². The highest BCUT2D eigenvalue weighted by Gasteiger charge is 2.45. The molecule has 14 nitrogen and oxygen atoms in total. The van der Waals surface area contributed by atoms with Crippen LogP contribution in [0.3, 0.4) is 0 Å². The first-order chi connectivity index (χ1) is 24.4. The summed E-state index contributed by atoms with van der Waals surface area (Å²) in [6, 6.07) is 14.1. The summed E-state index contributed by atoms with van der Waals surface area (Å²) in [7, 11) is 0. The lowest BCUT2D eigenvalue weighted by Crippen LogP contribution is -2.50. The molecule has 1 aliphatic heterocycles. The molecular formula is C35H55Cl2N11O3. The minimum Gasteiger partial charge on any atom is -0.478 e. The van der Waals surface area contributed by atoms with Crippen molar-refractivity contribution < 1.29 is 15.0 Å². The van der Waals surface area contributed by atoms with Gasteiger partial charge in [-0.25, -0.2) is 4.79 Å². The molecule has 1 unspecified atom stereocenters. The predicted molar refractivity (Wildman–Crippen MR) is 212 cm³/mol. The Bertz CT molecular complexity index is 1350. The number of benzene rings is 2. The number of aliphatic imine (C=N–C) groups is 4. The van der Waals surface area contributed by atoms with E-state index in [0.717, 1.165) is 56.3 Å². The molecule has 51 heavy (non-hydrogen) atoms. The number of guanidine groups is 4. The Kier molecular flexibility index (Phi) is 20.4. The molecule has 1 fully saturated rings. The highest BCUT2D eigenvalue weighted by Crippen LogP contribution is 2.27. The highest BCUT2D eigenvalue weighted by atomic mass is 35.5. The first kappa shape index (κ1) is 43.1. The number of halogens is 2. The Morgan fingerprint density at radius 1 is 0.745 bits per heavy atom. The van der Waals surface area contributed by atoms with E-state index in [1.54, 1.807) is 53.4 Å². The number of nitrogens with two attached hydrogens (primary N) is 4. The fourth-order valence-corrected chi connectivity index (χ4v) is 5.43. The third-order valence-electron chi connectivity index (χ3n) is 7.92. The first-order valence-electron chi connectivity index (χ1n) is 17.5. The zero-order valence-electron chi connectivity index (χ0n) is 29.5. The van der Waals surface area contributed by atoms with Crippen molar-refractivity contribution in [2.75, 3.05) is 36.8 Å². The fraction of sp³-hybridized carbons (Fsp3) is 0.514. The van der Waals surface area contributed by atoms with E-state index >= 15 is 0 Å². The van der Waals surface area contributed by atoms with Gasteiger partial charge < -0.3 is 43.8 Å². The minimum absolute atomic E-state index is 0.124. The van der Waals surface area contributed by atoms with Gasteiger partial charge in [0.25, 0.3) is 0 Å². The number of carbonyl (C=O) groups is 1. The van der Waals surface area contributed by atoms with Crippen LogP contribution in [0.15, 0.2) is 68.5 Å². The van der Waals surface area contributed by atoms with Crippen LogP contribution in [0.2, 0.25) is 10.0 Å². The van der Waals surface area contributed by atoms with Crippen molar-refractivity contribution in [1.82, 2.24) is 4.90 Å². The van der Waals surface area contributed by atoms with Crippen molar-refractivity contribution >= 4 is 64.4 Å². The van der Waals surface area contributed by atoms with Crippen LogP contribution in [0.5, 0.6) is 0 Å². The maximum atomic E-state index is 11.0. The molecule has 0 saturated carbocycles. The van der Waals surface area contributed by atoms with Crippen molar-refractivity contribution in [2.45, 2.75) is 89.7 Å². The van der Waals surface area contributed by atoms with Gasteiger partial charge in [-0.3, -0.25) is 14.9 Å². The molecule has 1 heterocycles. The number of carboxylic acids is 1. The van der Waals surface area contributed by atoms with Gasteiger partial charge in [0.2, 0.25) is 29.6 Å². The van der Waals surface area contributed by atoms with Gasteiger partial charge in [-0.15, -0.1) is 0 Å². The smallest absolute Gasteiger partial charge is 0.351 e. The van der Waals surface area contributed by atoms with Crippen LogP contribution in [0.4, 0.5) is 11.4 Å². The third-order valence-corrected chi connectivity index (χ3v) is 8.42. The summed E-state index contributed by atoms with van der Waals surface area (Å²) >= 11 is 11.7.